The molecule has 0 unspecified atom stereocenters. The van der Waals surface area contributed by atoms with Gasteiger partial charge in [0.1, 0.15) is 5.60 Å². The molecule has 1 aliphatic heterocycles. The van der Waals surface area contributed by atoms with E-state index in [9.17, 15) is 18.0 Å². The average Bonchev–Trinajstić information content (AvgIpc) is 2.14. The lowest BCUT2D eigenvalue weighted by Crippen LogP contribution is -2.71. The van der Waals surface area contributed by atoms with E-state index in [1.54, 1.807) is 20.8 Å². The first-order chi connectivity index (χ1) is 8.59. The predicted octanol–water partition coefficient (Wildman–Crippen LogP) is 2.15. The molecule has 2 rings (SSSR count). The summed E-state index contributed by atoms with van der Waals surface area (Å²) in [6, 6.07) is -1.10. The topological polar surface area (TPSA) is 41.6 Å². The van der Waals surface area contributed by atoms with Crippen LogP contribution in [0.25, 0.3) is 0 Å². The summed E-state index contributed by atoms with van der Waals surface area (Å²) in [6.07, 6.45) is -4.77. The second-order valence-electron chi connectivity index (χ2n) is 6.10. The van der Waals surface area contributed by atoms with E-state index in [1.807, 2.05) is 0 Å². The molecule has 0 spiro atoms. The third kappa shape index (κ3) is 2.96. The second kappa shape index (κ2) is 4.54. The summed E-state index contributed by atoms with van der Waals surface area (Å²) >= 11 is 0. The highest BCUT2D eigenvalue weighted by molar-refractivity contribution is 5.69. The van der Waals surface area contributed by atoms with E-state index < -0.39 is 35.9 Å². The van der Waals surface area contributed by atoms with Crippen molar-refractivity contribution in [2.75, 3.05) is 13.1 Å². The van der Waals surface area contributed by atoms with Crippen LogP contribution in [0.5, 0.6) is 0 Å². The number of alkyl halides is 3. The van der Waals surface area contributed by atoms with Gasteiger partial charge in [-0.1, -0.05) is 0 Å². The summed E-state index contributed by atoms with van der Waals surface area (Å²) in [7, 11) is 0. The number of carbonyl (C=O) groups excluding carboxylic acids is 1. The van der Waals surface area contributed by atoms with Gasteiger partial charge in [0.15, 0.2) is 0 Å². The molecule has 2 aliphatic rings. The maximum atomic E-state index is 12.7. The molecule has 3 atom stereocenters. The monoisotopic (exact) mass is 280 g/mol. The van der Waals surface area contributed by atoms with Gasteiger partial charge in [-0.3, -0.25) is 0 Å². The van der Waals surface area contributed by atoms with Gasteiger partial charge in [0.2, 0.25) is 0 Å². The van der Waals surface area contributed by atoms with Crippen LogP contribution >= 0.6 is 0 Å². The molecule has 1 aliphatic carbocycles. The number of nitrogens with zero attached hydrogens (tertiary/aromatic N) is 1. The normalized spacial score (nSPS) is 31.5. The molecule has 1 N–H and O–H groups in total. The predicted molar refractivity (Wildman–Crippen MR) is 62.7 cm³/mol. The molecule has 19 heavy (non-hydrogen) atoms. The fraction of sp³-hybridized carbons (Fsp3) is 0.917. The molecular formula is C12H19F3N2O2. The Kier molecular flexibility index (Phi) is 3.45. The standard InChI is InChI=1S/C12H19F3N2O2/c1-11(2,3)19-10(18)17-5-4-16-9-7(6-8(9)17)12(13,14)15/h7-9,16H,4-6H2,1-3H3/t7-,8+,9+/m0/s1. The molecule has 110 valence electrons. The number of hydrogen-bond acceptors (Lipinski definition) is 3. The molecule has 7 heteroatoms. The fourth-order valence-corrected chi connectivity index (χ4v) is 2.63. The van der Waals surface area contributed by atoms with Crippen LogP contribution in [0.3, 0.4) is 0 Å². The first kappa shape index (κ1) is 14.4. The van der Waals surface area contributed by atoms with Crippen molar-refractivity contribution >= 4 is 6.09 Å². The Morgan fingerprint density at radius 2 is 1.95 bits per heavy atom. The van der Waals surface area contributed by atoms with Gasteiger partial charge in [-0.05, 0) is 27.2 Å². The number of nitrogens with one attached hydrogen (secondary N) is 1. The van der Waals surface area contributed by atoms with Crippen LogP contribution in [-0.4, -0.2) is 47.9 Å². The third-order valence-corrected chi connectivity index (χ3v) is 3.52. The summed E-state index contributed by atoms with van der Waals surface area (Å²) < 4.78 is 43.3. The van der Waals surface area contributed by atoms with Gasteiger partial charge >= 0.3 is 12.3 Å². The van der Waals surface area contributed by atoms with Crippen molar-refractivity contribution in [3.8, 4) is 0 Å². The highest BCUT2D eigenvalue weighted by Gasteiger charge is 2.58. The maximum absolute atomic E-state index is 12.7. The summed E-state index contributed by atoms with van der Waals surface area (Å²) in [6.45, 7) is 5.98. The molecule has 1 saturated carbocycles. The minimum Gasteiger partial charge on any atom is -0.444 e. The van der Waals surface area contributed by atoms with E-state index in [-0.39, 0.29) is 6.42 Å². The van der Waals surface area contributed by atoms with E-state index in [0.29, 0.717) is 13.1 Å². The van der Waals surface area contributed by atoms with Gasteiger partial charge in [-0.2, -0.15) is 13.2 Å². The quantitative estimate of drug-likeness (QED) is 0.739. The van der Waals surface area contributed by atoms with Gasteiger partial charge in [-0.25, -0.2) is 4.79 Å². The number of rotatable bonds is 0. The van der Waals surface area contributed by atoms with Gasteiger partial charge in [0.05, 0.1) is 12.0 Å². The lowest BCUT2D eigenvalue weighted by molar-refractivity contribution is -0.221. The molecule has 2 fully saturated rings. The molecule has 1 heterocycles. The molecule has 1 amide bonds. The number of piperazine rings is 1. The molecule has 4 nitrogen and oxygen atoms in total. The van der Waals surface area contributed by atoms with Crippen molar-refractivity contribution in [3.63, 3.8) is 0 Å². The van der Waals surface area contributed by atoms with Crippen molar-refractivity contribution < 1.29 is 22.7 Å². The molecule has 0 radical (unpaired) electrons. The van der Waals surface area contributed by atoms with E-state index >= 15 is 0 Å². The van der Waals surface area contributed by atoms with Crippen LogP contribution in [0.4, 0.5) is 18.0 Å². The Bertz CT molecular complexity index is 365. The minimum atomic E-state index is -4.20. The second-order valence-corrected chi connectivity index (χ2v) is 6.10. The molecular weight excluding hydrogens is 261 g/mol. The zero-order valence-corrected chi connectivity index (χ0v) is 11.3. The van der Waals surface area contributed by atoms with E-state index in [2.05, 4.69) is 5.32 Å². The first-order valence-electron chi connectivity index (χ1n) is 6.39. The van der Waals surface area contributed by atoms with Crippen LogP contribution in [0.2, 0.25) is 0 Å². The van der Waals surface area contributed by atoms with E-state index in [4.69, 9.17) is 4.74 Å². The lowest BCUT2D eigenvalue weighted by atomic mass is 9.72. The fourth-order valence-electron chi connectivity index (χ4n) is 2.63. The van der Waals surface area contributed by atoms with E-state index in [0.717, 1.165) is 0 Å². The Morgan fingerprint density at radius 1 is 1.32 bits per heavy atom. The van der Waals surface area contributed by atoms with Gasteiger partial charge in [0, 0.05) is 19.1 Å². The number of ether oxygens (including phenoxy) is 1. The Morgan fingerprint density at radius 3 is 2.47 bits per heavy atom. The van der Waals surface area contributed by atoms with Crippen molar-refractivity contribution in [2.24, 2.45) is 5.92 Å². The summed E-state index contributed by atoms with van der Waals surface area (Å²) in [5.74, 6) is -1.36. The van der Waals surface area contributed by atoms with Crippen molar-refractivity contribution in [1.82, 2.24) is 10.2 Å². The summed E-state index contributed by atoms with van der Waals surface area (Å²) in [4.78, 5) is 13.4. The zero-order chi connectivity index (χ0) is 14.4. The smallest absolute Gasteiger partial charge is 0.410 e. The minimum absolute atomic E-state index is 0.0413. The molecule has 0 bridgehead atoms. The van der Waals surface area contributed by atoms with Crippen LogP contribution in [0.15, 0.2) is 0 Å². The highest BCUT2D eigenvalue weighted by atomic mass is 19.4. The zero-order valence-electron chi connectivity index (χ0n) is 11.3. The van der Waals surface area contributed by atoms with Crippen LogP contribution in [0.1, 0.15) is 27.2 Å². The van der Waals surface area contributed by atoms with Gasteiger partial charge < -0.3 is 15.0 Å². The Labute approximate surface area is 110 Å². The van der Waals surface area contributed by atoms with Crippen molar-refractivity contribution in [3.05, 3.63) is 0 Å². The van der Waals surface area contributed by atoms with Gasteiger partial charge in [0.25, 0.3) is 0 Å². The van der Waals surface area contributed by atoms with Gasteiger partial charge in [-0.15, -0.1) is 0 Å². The lowest BCUT2D eigenvalue weighted by Gasteiger charge is -2.53. The SMILES string of the molecule is CC(C)(C)OC(=O)N1CCN[C@H]2[C@H]1C[C@@H]2C(F)(F)F. The summed E-state index contributed by atoms with van der Waals surface area (Å²) in [5, 5.41) is 2.85. The number of amides is 1. The number of fused-ring (bicyclic) bond motifs is 1. The summed E-state index contributed by atoms with van der Waals surface area (Å²) in [5.41, 5.74) is -0.634. The van der Waals surface area contributed by atoms with Crippen LogP contribution in [0, 0.1) is 5.92 Å². The number of halogens is 3. The molecule has 0 aromatic rings. The maximum Gasteiger partial charge on any atom is 0.410 e. The van der Waals surface area contributed by atoms with Crippen LogP contribution < -0.4 is 5.32 Å². The van der Waals surface area contributed by atoms with Crippen molar-refractivity contribution in [1.29, 1.82) is 0 Å². The largest absolute Gasteiger partial charge is 0.444 e. The molecule has 0 aromatic heterocycles. The first-order valence-corrected chi connectivity index (χ1v) is 6.39. The average molecular weight is 280 g/mol. The highest BCUT2D eigenvalue weighted by Crippen LogP contribution is 2.44. The Hall–Kier alpha value is -0.980. The number of hydrogen-bond donors (Lipinski definition) is 1. The third-order valence-electron chi connectivity index (χ3n) is 3.52. The van der Waals surface area contributed by atoms with E-state index in [1.165, 1.54) is 4.90 Å². The molecule has 0 aromatic carbocycles. The number of carbonyl (C=O) groups is 1. The molecule has 1 saturated heterocycles. The van der Waals surface area contributed by atoms with Crippen LogP contribution in [-0.2, 0) is 4.74 Å². The van der Waals surface area contributed by atoms with Crippen molar-refractivity contribution in [2.45, 2.75) is 51.1 Å². The Balaban J connectivity index is 2.00.